The van der Waals surface area contributed by atoms with Crippen LogP contribution in [-0.4, -0.2) is 66.7 Å². The molecule has 0 fully saturated rings. The molecular formula is C26H31F3N8O2. The SMILES string of the molecule is CCN(C)c1cccc(C)c1N(C=O)C1=NC(C)=C(c2cncc3n[nH]c(C)c23)NC1.O=CNCC(F)(F)F. The number of aryl methyl sites for hydroxylation is 2. The van der Waals surface area contributed by atoms with Crippen molar-refractivity contribution in [1.29, 1.82) is 0 Å². The number of pyridine rings is 1. The number of aliphatic imine (C=N–C) groups is 1. The van der Waals surface area contributed by atoms with Crippen LogP contribution in [0.4, 0.5) is 24.5 Å². The molecule has 208 valence electrons. The Morgan fingerprint density at radius 1 is 1.15 bits per heavy atom. The Bertz CT molecular complexity index is 1400. The molecule has 0 radical (unpaired) electrons. The van der Waals surface area contributed by atoms with Gasteiger partial charge in [0.15, 0.2) is 0 Å². The minimum absolute atomic E-state index is 0.00743. The van der Waals surface area contributed by atoms with Crippen LogP contribution < -0.4 is 20.4 Å². The van der Waals surface area contributed by atoms with Crippen molar-refractivity contribution in [2.75, 3.05) is 36.5 Å². The highest BCUT2D eigenvalue weighted by Gasteiger charge is 2.26. The number of aromatic nitrogens is 3. The van der Waals surface area contributed by atoms with E-state index in [1.165, 1.54) is 5.32 Å². The average molecular weight is 545 g/mol. The molecule has 13 heteroatoms. The predicted molar refractivity (Wildman–Crippen MR) is 145 cm³/mol. The monoisotopic (exact) mass is 544 g/mol. The van der Waals surface area contributed by atoms with E-state index in [1.54, 1.807) is 11.1 Å². The van der Waals surface area contributed by atoms with E-state index in [1.807, 2.05) is 52.2 Å². The van der Waals surface area contributed by atoms with Gasteiger partial charge < -0.3 is 15.5 Å². The number of allylic oxidation sites excluding steroid dienone is 1. The molecule has 3 aromatic rings. The second-order valence-electron chi connectivity index (χ2n) is 8.82. The van der Waals surface area contributed by atoms with Crippen LogP contribution in [0.3, 0.4) is 0 Å². The van der Waals surface area contributed by atoms with Crippen molar-refractivity contribution >= 4 is 46.6 Å². The molecule has 0 atom stereocenters. The lowest BCUT2D eigenvalue weighted by Crippen LogP contribution is -2.40. The summed E-state index contributed by atoms with van der Waals surface area (Å²) in [7, 11) is 2.02. The lowest BCUT2D eigenvalue weighted by molar-refractivity contribution is -0.132. The van der Waals surface area contributed by atoms with Gasteiger partial charge in [0.1, 0.15) is 17.9 Å². The van der Waals surface area contributed by atoms with E-state index in [4.69, 9.17) is 4.99 Å². The zero-order valence-electron chi connectivity index (χ0n) is 22.3. The summed E-state index contributed by atoms with van der Waals surface area (Å²) in [6.45, 7) is 8.03. The van der Waals surface area contributed by atoms with Crippen molar-refractivity contribution in [2.45, 2.75) is 33.9 Å². The van der Waals surface area contributed by atoms with Gasteiger partial charge in [-0.25, -0.2) is 4.99 Å². The molecule has 0 unspecified atom stereocenters. The third kappa shape index (κ3) is 6.72. The number of H-pyrrole nitrogens is 1. The summed E-state index contributed by atoms with van der Waals surface area (Å²) in [5.41, 5.74) is 7.29. The van der Waals surface area contributed by atoms with Crippen molar-refractivity contribution in [3.05, 3.63) is 53.1 Å². The number of hydrogen-bond acceptors (Lipinski definition) is 7. The smallest absolute Gasteiger partial charge is 0.376 e. The maximum Gasteiger partial charge on any atom is 0.405 e. The Morgan fingerprint density at radius 2 is 1.90 bits per heavy atom. The normalized spacial score (nSPS) is 13.2. The number of amides is 2. The summed E-state index contributed by atoms with van der Waals surface area (Å²) in [5.74, 6) is 0.653. The lowest BCUT2D eigenvalue weighted by Gasteiger charge is -2.30. The number of nitrogens with one attached hydrogen (secondary N) is 3. The Hall–Kier alpha value is -4.42. The number of alkyl halides is 3. The summed E-state index contributed by atoms with van der Waals surface area (Å²) >= 11 is 0. The van der Waals surface area contributed by atoms with Gasteiger partial charge in [-0.1, -0.05) is 12.1 Å². The molecule has 0 saturated heterocycles. The van der Waals surface area contributed by atoms with Gasteiger partial charge in [0.2, 0.25) is 12.8 Å². The number of fused-ring (bicyclic) bond motifs is 1. The van der Waals surface area contributed by atoms with E-state index in [9.17, 15) is 22.8 Å². The van der Waals surface area contributed by atoms with Crippen LogP contribution in [-0.2, 0) is 9.59 Å². The van der Waals surface area contributed by atoms with E-state index in [-0.39, 0.29) is 6.41 Å². The highest BCUT2D eigenvalue weighted by molar-refractivity contribution is 6.15. The summed E-state index contributed by atoms with van der Waals surface area (Å²) in [6.07, 6.45) is 0.128. The van der Waals surface area contributed by atoms with Crippen molar-refractivity contribution < 1.29 is 22.8 Å². The van der Waals surface area contributed by atoms with Crippen LogP contribution in [0, 0.1) is 13.8 Å². The number of halogens is 3. The van der Waals surface area contributed by atoms with Gasteiger partial charge in [-0.3, -0.25) is 24.6 Å². The van der Waals surface area contributed by atoms with E-state index in [0.29, 0.717) is 12.4 Å². The molecule has 0 saturated carbocycles. The third-order valence-electron chi connectivity index (χ3n) is 6.11. The lowest BCUT2D eigenvalue weighted by atomic mass is 10.1. The fraction of sp³-hybridized carbons (Fsp3) is 0.346. The maximum atomic E-state index is 12.2. The Morgan fingerprint density at radius 3 is 2.49 bits per heavy atom. The van der Waals surface area contributed by atoms with Gasteiger partial charge in [-0.05, 0) is 39.3 Å². The topological polar surface area (TPSA) is 119 Å². The molecule has 0 aliphatic carbocycles. The van der Waals surface area contributed by atoms with Crippen LogP contribution in [0.15, 0.2) is 41.3 Å². The number of nitrogens with zero attached hydrogens (tertiary/aromatic N) is 5. The van der Waals surface area contributed by atoms with Crippen molar-refractivity contribution in [2.24, 2.45) is 4.99 Å². The molecule has 4 rings (SSSR count). The van der Waals surface area contributed by atoms with Crippen molar-refractivity contribution in [3.63, 3.8) is 0 Å². The van der Waals surface area contributed by atoms with Crippen LogP contribution in [0.2, 0.25) is 0 Å². The maximum absolute atomic E-state index is 12.2. The van der Waals surface area contributed by atoms with E-state index in [2.05, 4.69) is 32.3 Å². The second kappa shape index (κ2) is 12.4. The standard InChI is InChI=1S/C23H27N7O.C3H4F3NO/c1-6-29(5)19-9-7-8-14(2)23(19)30(13-31)20-12-25-22(16(4)26-20)17-10-24-11-18-21(17)15(3)27-28-18;4-3(5,6)1-7-2-8/h7-11,13,25H,6,12H2,1-5H3,(H,27,28);2H,1H2,(H,7,8). The van der Waals surface area contributed by atoms with Crippen LogP contribution >= 0.6 is 0 Å². The molecule has 3 heterocycles. The molecular weight excluding hydrogens is 513 g/mol. The minimum atomic E-state index is -4.29. The average Bonchev–Trinajstić information content (AvgIpc) is 3.29. The number of amidine groups is 1. The number of aromatic amines is 1. The number of hydrogen-bond donors (Lipinski definition) is 3. The number of carbonyl (C=O) groups excluding carboxylic acids is 2. The zero-order valence-corrected chi connectivity index (χ0v) is 22.3. The first-order valence-electron chi connectivity index (χ1n) is 12.1. The molecule has 2 amide bonds. The first-order valence-corrected chi connectivity index (χ1v) is 12.1. The molecule has 0 spiro atoms. The Kier molecular flexibility index (Phi) is 9.28. The molecule has 3 N–H and O–H groups in total. The zero-order chi connectivity index (χ0) is 28.7. The van der Waals surface area contributed by atoms with Crippen LogP contribution in [0.5, 0.6) is 0 Å². The second-order valence-corrected chi connectivity index (χ2v) is 8.82. The van der Waals surface area contributed by atoms with Crippen LogP contribution in [0.1, 0.15) is 30.7 Å². The predicted octanol–water partition coefficient (Wildman–Crippen LogP) is 3.68. The molecule has 1 aliphatic rings. The summed E-state index contributed by atoms with van der Waals surface area (Å²) < 4.78 is 33.1. The highest BCUT2D eigenvalue weighted by Crippen LogP contribution is 2.33. The highest BCUT2D eigenvalue weighted by atomic mass is 19.4. The first kappa shape index (κ1) is 29.1. The fourth-order valence-electron chi connectivity index (χ4n) is 4.17. The van der Waals surface area contributed by atoms with Crippen molar-refractivity contribution in [3.8, 4) is 0 Å². The number of benzene rings is 1. The molecule has 10 nitrogen and oxygen atoms in total. The van der Waals surface area contributed by atoms with Gasteiger partial charge in [0.25, 0.3) is 0 Å². The molecule has 39 heavy (non-hydrogen) atoms. The summed E-state index contributed by atoms with van der Waals surface area (Å²) in [5, 5.41) is 13.3. The largest absolute Gasteiger partial charge is 0.405 e. The number of anilines is 2. The van der Waals surface area contributed by atoms with E-state index in [0.717, 1.165) is 63.4 Å². The molecule has 1 aromatic carbocycles. The summed E-state index contributed by atoms with van der Waals surface area (Å²) in [4.78, 5) is 34.4. The summed E-state index contributed by atoms with van der Waals surface area (Å²) in [6, 6.07) is 6.05. The van der Waals surface area contributed by atoms with Gasteiger partial charge in [0.05, 0.1) is 35.5 Å². The van der Waals surface area contributed by atoms with Gasteiger partial charge in [0, 0.05) is 36.4 Å². The van der Waals surface area contributed by atoms with Gasteiger partial charge in [-0.15, -0.1) is 0 Å². The van der Waals surface area contributed by atoms with E-state index >= 15 is 0 Å². The minimum Gasteiger partial charge on any atom is -0.376 e. The Balaban J connectivity index is 0.000000459. The third-order valence-corrected chi connectivity index (χ3v) is 6.11. The molecule has 1 aliphatic heterocycles. The van der Waals surface area contributed by atoms with Gasteiger partial charge >= 0.3 is 6.18 Å². The Labute approximate surface area is 224 Å². The molecule has 0 bridgehead atoms. The quantitative estimate of drug-likeness (QED) is 0.391. The number of carbonyl (C=O) groups is 2. The first-order chi connectivity index (χ1) is 18.5. The van der Waals surface area contributed by atoms with Gasteiger partial charge in [-0.2, -0.15) is 18.3 Å². The number of para-hydroxylation sites is 1. The van der Waals surface area contributed by atoms with Crippen LogP contribution in [0.25, 0.3) is 16.6 Å². The van der Waals surface area contributed by atoms with E-state index < -0.39 is 12.7 Å². The van der Waals surface area contributed by atoms with Crippen molar-refractivity contribution in [1.82, 2.24) is 25.8 Å². The molecule has 2 aromatic heterocycles. The number of rotatable bonds is 7. The fourth-order valence-corrected chi connectivity index (χ4v) is 4.17.